The largest absolute Gasteiger partial charge is 0.496 e. The molecule has 0 saturated heterocycles. The summed E-state index contributed by atoms with van der Waals surface area (Å²) in [5.41, 5.74) is 1.20. The quantitative estimate of drug-likeness (QED) is 0.732. The lowest BCUT2D eigenvalue weighted by atomic mass is 10.2. The molecular formula is C13H21NO2S. The van der Waals surface area contributed by atoms with Gasteiger partial charge >= 0.3 is 0 Å². The molecule has 0 fully saturated rings. The standard InChI is InChI=1S/C13H21NO2S/c1-10(9-15)7-14-8-11-4-5-13(17-3)12(6-11)16-2/h4-6,10,14-15H,7-9H2,1-3H3. The number of ether oxygens (including phenoxy) is 1. The van der Waals surface area contributed by atoms with Gasteiger partial charge in [-0.1, -0.05) is 13.0 Å². The van der Waals surface area contributed by atoms with Crippen LogP contribution in [-0.2, 0) is 6.54 Å². The molecule has 0 spiro atoms. The Morgan fingerprint density at radius 2 is 2.24 bits per heavy atom. The van der Waals surface area contributed by atoms with Crippen LogP contribution in [0.15, 0.2) is 23.1 Å². The van der Waals surface area contributed by atoms with Crippen LogP contribution in [-0.4, -0.2) is 31.6 Å². The van der Waals surface area contributed by atoms with E-state index in [1.54, 1.807) is 18.9 Å². The maximum absolute atomic E-state index is 8.92. The van der Waals surface area contributed by atoms with Crippen LogP contribution in [0.25, 0.3) is 0 Å². The van der Waals surface area contributed by atoms with Gasteiger partial charge in [0.2, 0.25) is 0 Å². The predicted octanol–water partition coefficient (Wildman–Crippen LogP) is 2.14. The van der Waals surface area contributed by atoms with E-state index in [0.29, 0.717) is 5.92 Å². The van der Waals surface area contributed by atoms with Crippen LogP contribution in [0.3, 0.4) is 0 Å². The summed E-state index contributed by atoms with van der Waals surface area (Å²) in [6.45, 7) is 3.87. The highest BCUT2D eigenvalue weighted by atomic mass is 32.2. The van der Waals surface area contributed by atoms with Crippen molar-refractivity contribution < 1.29 is 9.84 Å². The van der Waals surface area contributed by atoms with E-state index < -0.39 is 0 Å². The molecule has 1 aromatic carbocycles. The maximum atomic E-state index is 8.92. The minimum Gasteiger partial charge on any atom is -0.496 e. The summed E-state index contributed by atoms with van der Waals surface area (Å²) in [5, 5.41) is 12.2. The normalized spacial score (nSPS) is 12.5. The lowest BCUT2D eigenvalue weighted by Gasteiger charge is -2.11. The number of aliphatic hydroxyl groups is 1. The number of nitrogens with one attached hydrogen (secondary N) is 1. The highest BCUT2D eigenvalue weighted by Crippen LogP contribution is 2.28. The van der Waals surface area contributed by atoms with Crippen LogP contribution >= 0.6 is 11.8 Å². The smallest absolute Gasteiger partial charge is 0.132 e. The van der Waals surface area contributed by atoms with Gasteiger partial charge in [-0.2, -0.15) is 0 Å². The van der Waals surface area contributed by atoms with Gasteiger partial charge in [-0.25, -0.2) is 0 Å². The Balaban J connectivity index is 2.54. The minimum absolute atomic E-state index is 0.224. The summed E-state index contributed by atoms with van der Waals surface area (Å²) in [6.07, 6.45) is 2.04. The third-order valence-corrected chi connectivity index (χ3v) is 3.36. The number of methoxy groups -OCH3 is 1. The molecule has 0 saturated carbocycles. The van der Waals surface area contributed by atoms with E-state index in [4.69, 9.17) is 9.84 Å². The second-order valence-corrected chi connectivity index (χ2v) is 4.96. The molecule has 1 aromatic rings. The molecule has 0 aliphatic carbocycles. The van der Waals surface area contributed by atoms with Crippen LogP contribution in [0.2, 0.25) is 0 Å². The molecule has 0 aromatic heterocycles. The van der Waals surface area contributed by atoms with E-state index in [0.717, 1.165) is 23.7 Å². The van der Waals surface area contributed by atoms with Gasteiger partial charge in [0.25, 0.3) is 0 Å². The fraction of sp³-hybridized carbons (Fsp3) is 0.538. The molecule has 96 valence electrons. The van der Waals surface area contributed by atoms with Gasteiger partial charge in [0, 0.05) is 24.6 Å². The minimum atomic E-state index is 0.224. The van der Waals surface area contributed by atoms with Gasteiger partial charge in [-0.15, -0.1) is 11.8 Å². The molecule has 1 atom stereocenters. The first-order valence-corrected chi connectivity index (χ1v) is 6.96. The van der Waals surface area contributed by atoms with Crippen molar-refractivity contribution in [1.82, 2.24) is 5.32 Å². The molecule has 0 radical (unpaired) electrons. The first-order chi connectivity index (χ1) is 8.21. The Bertz CT molecular complexity index is 344. The van der Waals surface area contributed by atoms with E-state index in [-0.39, 0.29) is 6.61 Å². The average molecular weight is 255 g/mol. The van der Waals surface area contributed by atoms with Crippen molar-refractivity contribution in [3.05, 3.63) is 23.8 Å². The average Bonchev–Trinajstić information content (AvgIpc) is 2.38. The van der Waals surface area contributed by atoms with E-state index in [9.17, 15) is 0 Å². The predicted molar refractivity (Wildman–Crippen MR) is 72.7 cm³/mol. The van der Waals surface area contributed by atoms with Crippen LogP contribution < -0.4 is 10.1 Å². The SMILES string of the molecule is COc1cc(CNCC(C)CO)ccc1SC. The van der Waals surface area contributed by atoms with E-state index in [1.807, 2.05) is 13.2 Å². The zero-order chi connectivity index (χ0) is 12.7. The Kier molecular flexibility index (Phi) is 6.40. The third-order valence-electron chi connectivity index (χ3n) is 2.58. The fourth-order valence-corrected chi connectivity index (χ4v) is 2.07. The number of aliphatic hydroxyl groups excluding tert-OH is 1. The van der Waals surface area contributed by atoms with Crippen molar-refractivity contribution in [2.75, 3.05) is 26.5 Å². The summed E-state index contributed by atoms with van der Waals surface area (Å²) < 4.78 is 5.34. The van der Waals surface area contributed by atoms with E-state index >= 15 is 0 Å². The number of hydrogen-bond acceptors (Lipinski definition) is 4. The van der Waals surface area contributed by atoms with Gasteiger partial charge in [0.05, 0.1) is 7.11 Å². The molecule has 0 aliphatic rings. The number of rotatable bonds is 7. The maximum Gasteiger partial charge on any atom is 0.132 e. The summed E-state index contributed by atoms with van der Waals surface area (Å²) in [5.74, 6) is 1.22. The Labute approximate surface area is 108 Å². The molecule has 0 amide bonds. The summed E-state index contributed by atoms with van der Waals surface area (Å²) in [6, 6.07) is 6.24. The summed E-state index contributed by atoms with van der Waals surface area (Å²) in [7, 11) is 1.69. The molecule has 2 N–H and O–H groups in total. The first-order valence-electron chi connectivity index (χ1n) is 5.73. The zero-order valence-electron chi connectivity index (χ0n) is 10.7. The molecule has 1 rings (SSSR count). The van der Waals surface area contributed by atoms with E-state index in [1.165, 1.54) is 5.56 Å². The Morgan fingerprint density at radius 1 is 1.47 bits per heavy atom. The van der Waals surface area contributed by atoms with Gasteiger partial charge in [-0.3, -0.25) is 0 Å². The van der Waals surface area contributed by atoms with Crippen molar-refractivity contribution in [3.63, 3.8) is 0 Å². The molecule has 4 heteroatoms. The number of thioether (sulfide) groups is 1. The second-order valence-electron chi connectivity index (χ2n) is 4.11. The molecule has 3 nitrogen and oxygen atoms in total. The van der Waals surface area contributed by atoms with Crippen LogP contribution in [0.1, 0.15) is 12.5 Å². The topological polar surface area (TPSA) is 41.5 Å². The first kappa shape index (κ1) is 14.4. The Hall–Kier alpha value is -0.710. The van der Waals surface area contributed by atoms with E-state index in [2.05, 4.69) is 23.5 Å². The van der Waals surface area contributed by atoms with Crippen molar-refractivity contribution in [3.8, 4) is 5.75 Å². The van der Waals surface area contributed by atoms with Crippen molar-refractivity contribution >= 4 is 11.8 Å². The highest BCUT2D eigenvalue weighted by molar-refractivity contribution is 7.98. The Morgan fingerprint density at radius 3 is 2.82 bits per heavy atom. The fourth-order valence-electron chi connectivity index (χ4n) is 1.52. The molecular weight excluding hydrogens is 234 g/mol. The lowest BCUT2D eigenvalue weighted by molar-refractivity contribution is 0.233. The zero-order valence-corrected chi connectivity index (χ0v) is 11.5. The van der Waals surface area contributed by atoms with Gasteiger partial charge in [0.1, 0.15) is 5.75 Å². The molecule has 0 bridgehead atoms. The highest BCUT2D eigenvalue weighted by Gasteiger charge is 2.04. The van der Waals surface area contributed by atoms with Crippen molar-refractivity contribution in [2.24, 2.45) is 5.92 Å². The van der Waals surface area contributed by atoms with Gasteiger partial charge in [0.15, 0.2) is 0 Å². The second kappa shape index (κ2) is 7.58. The molecule has 17 heavy (non-hydrogen) atoms. The van der Waals surface area contributed by atoms with Crippen molar-refractivity contribution in [1.29, 1.82) is 0 Å². The summed E-state index contributed by atoms with van der Waals surface area (Å²) >= 11 is 1.68. The van der Waals surface area contributed by atoms with Crippen LogP contribution in [0, 0.1) is 5.92 Å². The summed E-state index contributed by atoms with van der Waals surface area (Å²) in [4.78, 5) is 1.15. The molecule has 0 heterocycles. The van der Waals surface area contributed by atoms with Gasteiger partial charge in [-0.05, 0) is 29.9 Å². The van der Waals surface area contributed by atoms with Crippen LogP contribution in [0.5, 0.6) is 5.75 Å². The number of hydrogen-bond donors (Lipinski definition) is 2. The third kappa shape index (κ3) is 4.58. The van der Waals surface area contributed by atoms with Gasteiger partial charge < -0.3 is 15.2 Å². The monoisotopic (exact) mass is 255 g/mol. The lowest BCUT2D eigenvalue weighted by Crippen LogP contribution is -2.22. The molecule has 0 aliphatic heterocycles. The molecule has 1 unspecified atom stereocenters. The number of benzene rings is 1. The van der Waals surface area contributed by atoms with Crippen LogP contribution in [0.4, 0.5) is 0 Å². The van der Waals surface area contributed by atoms with Crippen molar-refractivity contribution in [2.45, 2.75) is 18.4 Å².